The van der Waals surface area contributed by atoms with Gasteiger partial charge in [0.2, 0.25) is 0 Å². The van der Waals surface area contributed by atoms with Gasteiger partial charge in [-0.05, 0) is 27.7 Å². The maximum atomic E-state index is 5.16. The van der Waals surface area contributed by atoms with Crippen molar-refractivity contribution in [1.82, 2.24) is 20.4 Å². The summed E-state index contributed by atoms with van der Waals surface area (Å²) in [6, 6.07) is 0.213. The average Bonchev–Trinajstić information content (AvgIpc) is 2.83. The molecule has 0 bridgehead atoms. The Morgan fingerprint density at radius 2 is 2.18 bits per heavy atom. The van der Waals surface area contributed by atoms with E-state index in [4.69, 9.17) is 4.52 Å². The molecular formula is C12H18N4O. The second-order valence-electron chi connectivity index (χ2n) is 4.33. The molecule has 0 saturated carbocycles. The Morgan fingerprint density at radius 3 is 2.71 bits per heavy atom. The number of imidazole rings is 1. The smallest absolute Gasteiger partial charge is 0.138 e. The molecule has 5 heteroatoms. The molecule has 92 valence electrons. The van der Waals surface area contributed by atoms with Gasteiger partial charge in [0, 0.05) is 30.0 Å². The van der Waals surface area contributed by atoms with E-state index < -0.39 is 0 Å². The van der Waals surface area contributed by atoms with E-state index in [-0.39, 0.29) is 6.04 Å². The Kier molecular flexibility index (Phi) is 3.28. The second-order valence-corrected chi connectivity index (χ2v) is 4.33. The third-order valence-electron chi connectivity index (χ3n) is 2.88. The van der Waals surface area contributed by atoms with Gasteiger partial charge in [0.05, 0.1) is 5.69 Å². The van der Waals surface area contributed by atoms with E-state index in [0.717, 1.165) is 35.1 Å². The lowest BCUT2D eigenvalue weighted by Crippen LogP contribution is -2.19. The molecule has 0 spiro atoms. The number of rotatable bonds is 4. The SMILES string of the molecule is Cc1ncc(CNC(C)c2c(C)noc2C)[nH]1. The molecule has 17 heavy (non-hydrogen) atoms. The standard InChI is InChI=1S/C12H18N4O/c1-7(12-8(2)16-17-9(12)3)13-5-11-6-14-10(4)15-11/h6-7,13H,5H2,1-4H3,(H,14,15). The van der Waals surface area contributed by atoms with Crippen LogP contribution in [0.2, 0.25) is 0 Å². The van der Waals surface area contributed by atoms with Crippen LogP contribution in [0.5, 0.6) is 0 Å². The van der Waals surface area contributed by atoms with Crippen molar-refractivity contribution in [1.29, 1.82) is 0 Å². The van der Waals surface area contributed by atoms with Gasteiger partial charge >= 0.3 is 0 Å². The molecule has 5 nitrogen and oxygen atoms in total. The summed E-state index contributed by atoms with van der Waals surface area (Å²) in [5.74, 6) is 1.81. The summed E-state index contributed by atoms with van der Waals surface area (Å²) in [6.45, 7) is 8.71. The molecular weight excluding hydrogens is 216 g/mol. The lowest BCUT2D eigenvalue weighted by Gasteiger charge is -2.12. The largest absolute Gasteiger partial charge is 0.361 e. The zero-order valence-electron chi connectivity index (χ0n) is 10.7. The molecule has 2 aromatic rings. The third-order valence-corrected chi connectivity index (χ3v) is 2.88. The van der Waals surface area contributed by atoms with Gasteiger partial charge in [-0.15, -0.1) is 0 Å². The molecule has 0 radical (unpaired) electrons. The van der Waals surface area contributed by atoms with Crippen LogP contribution in [-0.2, 0) is 6.54 Å². The van der Waals surface area contributed by atoms with Crippen LogP contribution >= 0.6 is 0 Å². The minimum absolute atomic E-state index is 0.213. The molecule has 2 aromatic heterocycles. The van der Waals surface area contributed by atoms with E-state index in [1.807, 2.05) is 27.0 Å². The highest BCUT2D eigenvalue weighted by atomic mass is 16.5. The van der Waals surface area contributed by atoms with Crippen LogP contribution in [0.1, 0.15) is 41.5 Å². The lowest BCUT2D eigenvalue weighted by atomic mass is 10.1. The highest BCUT2D eigenvalue weighted by Crippen LogP contribution is 2.20. The predicted molar refractivity (Wildman–Crippen MR) is 64.6 cm³/mol. The Labute approximate surface area is 101 Å². The monoisotopic (exact) mass is 234 g/mol. The van der Waals surface area contributed by atoms with Gasteiger partial charge in [0.1, 0.15) is 11.6 Å². The summed E-state index contributed by atoms with van der Waals surface area (Å²) in [7, 11) is 0. The normalized spacial score (nSPS) is 12.9. The second kappa shape index (κ2) is 4.71. The maximum Gasteiger partial charge on any atom is 0.138 e. The van der Waals surface area contributed by atoms with E-state index in [0.29, 0.717) is 0 Å². The number of aromatic amines is 1. The Balaban J connectivity index is 2.00. The number of aromatic nitrogens is 3. The first-order valence-corrected chi connectivity index (χ1v) is 5.74. The van der Waals surface area contributed by atoms with Crippen molar-refractivity contribution in [3.05, 3.63) is 34.7 Å². The van der Waals surface area contributed by atoms with Crippen LogP contribution in [0.25, 0.3) is 0 Å². The van der Waals surface area contributed by atoms with E-state index >= 15 is 0 Å². The summed E-state index contributed by atoms with van der Waals surface area (Å²) < 4.78 is 5.16. The van der Waals surface area contributed by atoms with Gasteiger partial charge in [0.15, 0.2) is 0 Å². The van der Waals surface area contributed by atoms with Crippen LogP contribution < -0.4 is 5.32 Å². The minimum Gasteiger partial charge on any atom is -0.361 e. The number of H-pyrrole nitrogens is 1. The first-order chi connectivity index (χ1) is 8.08. The number of nitrogens with one attached hydrogen (secondary N) is 2. The summed E-state index contributed by atoms with van der Waals surface area (Å²) in [5, 5.41) is 7.39. The van der Waals surface area contributed by atoms with E-state index in [1.54, 1.807) is 0 Å². The van der Waals surface area contributed by atoms with Gasteiger partial charge in [-0.25, -0.2) is 4.98 Å². The van der Waals surface area contributed by atoms with Crippen LogP contribution in [0.15, 0.2) is 10.7 Å². The van der Waals surface area contributed by atoms with Crippen molar-refractivity contribution >= 4 is 0 Å². The first-order valence-electron chi connectivity index (χ1n) is 5.74. The highest BCUT2D eigenvalue weighted by molar-refractivity contribution is 5.24. The highest BCUT2D eigenvalue weighted by Gasteiger charge is 2.15. The lowest BCUT2D eigenvalue weighted by molar-refractivity contribution is 0.390. The van der Waals surface area contributed by atoms with Crippen molar-refractivity contribution < 1.29 is 4.52 Å². The van der Waals surface area contributed by atoms with Crippen LogP contribution in [-0.4, -0.2) is 15.1 Å². The van der Waals surface area contributed by atoms with Crippen molar-refractivity contribution in [2.75, 3.05) is 0 Å². The maximum absolute atomic E-state index is 5.16. The van der Waals surface area contributed by atoms with E-state index in [1.165, 1.54) is 0 Å². The molecule has 0 saturated heterocycles. The molecule has 2 N–H and O–H groups in total. The zero-order chi connectivity index (χ0) is 12.4. The molecule has 0 fully saturated rings. The molecule has 0 aliphatic rings. The topological polar surface area (TPSA) is 66.7 Å². The molecule has 0 amide bonds. The van der Waals surface area contributed by atoms with Gasteiger partial charge in [0.25, 0.3) is 0 Å². The van der Waals surface area contributed by atoms with Crippen molar-refractivity contribution in [3.63, 3.8) is 0 Å². The minimum atomic E-state index is 0.213. The summed E-state index contributed by atoms with van der Waals surface area (Å²) in [4.78, 5) is 7.36. The molecule has 1 atom stereocenters. The Bertz CT molecular complexity index is 481. The molecule has 0 aliphatic heterocycles. The van der Waals surface area contributed by atoms with Gasteiger partial charge < -0.3 is 14.8 Å². The number of hydrogen-bond acceptors (Lipinski definition) is 4. The van der Waals surface area contributed by atoms with Crippen LogP contribution in [0, 0.1) is 20.8 Å². The summed E-state index contributed by atoms with van der Waals surface area (Å²) in [6.07, 6.45) is 1.85. The van der Waals surface area contributed by atoms with Gasteiger partial charge in [-0.3, -0.25) is 0 Å². The van der Waals surface area contributed by atoms with Gasteiger partial charge in [-0.1, -0.05) is 5.16 Å². The Hall–Kier alpha value is -1.62. The fourth-order valence-corrected chi connectivity index (χ4v) is 2.03. The molecule has 2 heterocycles. The fraction of sp³-hybridized carbons (Fsp3) is 0.500. The number of nitrogens with zero attached hydrogens (tertiary/aromatic N) is 2. The molecule has 0 aliphatic carbocycles. The van der Waals surface area contributed by atoms with Crippen LogP contribution in [0.3, 0.4) is 0 Å². The predicted octanol–water partition coefficient (Wildman–Crippen LogP) is 2.17. The summed E-state index contributed by atoms with van der Waals surface area (Å²) in [5.41, 5.74) is 3.17. The fourth-order valence-electron chi connectivity index (χ4n) is 2.03. The van der Waals surface area contributed by atoms with Crippen LogP contribution in [0.4, 0.5) is 0 Å². The molecule has 2 rings (SSSR count). The van der Waals surface area contributed by atoms with E-state index in [9.17, 15) is 0 Å². The average molecular weight is 234 g/mol. The Morgan fingerprint density at radius 1 is 1.41 bits per heavy atom. The first kappa shape index (κ1) is 11.9. The third kappa shape index (κ3) is 2.55. The van der Waals surface area contributed by atoms with Gasteiger partial charge in [-0.2, -0.15) is 0 Å². The number of hydrogen-bond donors (Lipinski definition) is 2. The summed E-state index contributed by atoms with van der Waals surface area (Å²) >= 11 is 0. The molecule has 1 unspecified atom stereocenters. The molecule has 0 aromatic carbocycles. The quantitative estimate of drug-likeness (QED) is 0.850. The van der Waals surface area contributed by atoms with Crippen molar-refractivity contribution in [2.24, 2.45) is 0 Å². The van der Waals surface area contributed by atoms with Crippen molar-refractivity contribution in [3.8, 4) is 0 Å². The van der Waals surface area contributed by atoms with E-state index in [2.05, 4.69) is 27.4 Å². The zero-order valence-corrected chi connectivity index (χ0v) is 10.7. The van der Waals surface area contributed by atoms with Crippen molar-refractivity contribution in [2.45, 2.75) is 40.3 Å². The number of aryl methyl sites for hydroxylation is 3.